The summed E-state index contributed by atoms with van der Waals surface area (Å²) in [7, 11) is 0. The molecule has 14 heavy (non-hydrogen) atoms. The zero-order chi connectivity index (χ0) is 9.80. The number of rotatable bonds is 2. The summed E-state index contributed by atoms with van der Waals surface area (Å²) in [6, 6.07) is 2.13. The van der Waals surface area contributed by atoms with E-state index in [-0.39, 0.29) is 0 Å². The highest BCUT2D eigenvalue weighted by atomic mass is 35.5. The van der Waals surface area contributed by atoms with Crippen LogP contribution in [0.5, 0.6) is 0 Å². The number of halogens is 1. The van der Waals surface area contributed by atoms with E-state index >= 15 is 0 Å². The fourth-order valence-electron chi connectivity index (χ4n) is 1.73. The predicted molar refractivity (Wildman–Crippen MR) is 62.1 cm³/mol. The molecule has 0 amide bonds. The van der Waals surface area contributed by atoms with Gasteiger partial charge in [0.15, 0.2) is 0 Å². The second-order valence-corrected chi connectivity index (χ2v) is 5.12. The van der Waals surface area contributed by atoms with Gasteiger partial charge in [0.1, 0.15) is 0 Å². The highest BCUT2D eigenvalue weighted by Gasteiger charge is 2.10. The molecule has 0 radical (unpaired) electrons. The van der Waals surface area contributed by atoms with Crippen molar-refractivity contribution in [2.24, 2.45) is 0 Å². The van der Waals surface area contributed by atoms with E-state index in [4.69, 9.17) is 11.6 Å². The molecule has 1 fully saturated rings. The van der Waals surface area contributed by atoms with Crippen LogP contribution in [0.4, 0.5) is 0 Å². The van der Waals surface area contributed by atoms with Crippen LogP contribution in [0.3, 0.4) is 0 Å². The largest absolute Gasteiger partial charge is 0.315 e. The highest BCUT2D eigenvalue weighted by Crippen LogP contribution is 2.24. The van der Waals surface area contributed by atoms with E-state index in [1.807, 2.05) is 0 Å². The smallest absolute Gasteiger partial charge is 0.0973 e. The monoisotopic (exact) mass is 230 g/mol. The molecule has 2 rings (SSSR count). The van der Waals surface area contributed by atoms with E-state index in [2.05, 4.69) is 21.7 Å². The summed E-state index contributed by atoms with van der Waals surface area (Å²) in [4.78, 5) is 2.47. The minimum atomic E-state index is 0.946. The van der Waals surface area contributed by atoms with Gasteiger partial charge in [0.25, 0.3) is 0 Å². The SMILES string of the molecule is Clc1sccc1CN1CCCNCC1. The van der Waals surface area contributed by atoms with Gasteiger partial charge >= 0.3 is 0 Å². The Morgan fingerprint density at radius 3 is 3.14 bits per heavy atom. The van der Waals surface area contributed by atoms with Crippen LogP contribution in [0.25, 0.3) is 0 Å². The Morgan fingerprint density at radius 1 is 1.43 bits per heavy atom. The maximum absolute atomic E-state index is 6.08. The van der Waals surface area contributed by atoms with Gasteiger partial charge in [-0.05, 0) is 36.5 Å². The van der Waals surface area contributed by atoms with Gasteiger partial charge in [-0.2, -0.15) is 0 Å². The zero-order valence-electron chi connectivity index (χ0n) is 8.13. The molecule has 0 unspecified atom stereocenters. The van der Waals surface area contributed by atoms with Crippen LogP contribution < -0.4 is 5.32 Å². The van der Waals surface area contributed by atoms with E-state index in [1.54, 1.807) is 11.3 Å². The van der Waals surface area contributed by atoms with Crippen LogP contribution in [0, 0.1) is 0 Å². The maximum Gasteiger partial charge on any atom is 0.0973 e. The second kappa shape index (κ2) is 5.12. The molecule has 1 aromatic rings. The lowest BCUT2D eigenvalue weighted by molar-refractivity contribution is 0.285. The molecule has 0 bridgehead atoms. The van der Waals surface area contributed by atoms with Crippen molar-refractivity contribution in [1.29, 1.82) is 0 Å². The first-order valence-electron chi connectivity index (χ1n) is 5.01. The first-order valence-corrected chi connectivity index (χ1v) is 6.27. The summed E-state index contributed by atoms with van der Waals surface area (Å²) in [5.41, 5.74) is 1.28. The molecular weight excluding hydrogens is 216 g/mol. The van der Waals surface area contributed by atoms with E-state index in [0.717, 1.165) is 30.5 Å². The van der Waals surface area contributed by atoms with Crippen molar-refractivity contribution in [3.05, 3.63) is 21.3 Å². The molecule has 1 aromatic heterocycles. The fraction of sp³-hybridized carbons (Fsp3) is 0.600. The van der Waals surface area contributed by atoms with Crippen LogP contribution >= 0.6 is 22.9 Å². The third-order valence-corrected chi connectivity index (χ3v) is 3.77. The Labute approximate surface area is 93.9 Å². The second-order valence-electron chi connectivity index (χ2n) is 3.60. The summed E-state index contributed by atoms with van der Waals surface area (Å²) in [5, 5.41) is 5.46. The van der Waals surface area contributed by atoms with E-state index in [0.29, 0.717) is 0 Å². The summed E-state index contributed by atoms with van der Waals surface area (Å²) in [6.07, 6.45) is 1.24. The highest BCUT2D eigenvalue weighted by molar-refractivity contribution is 7.14. The molecule has 1 saturated heterocycles. The lowest BCUT2D eigenvalue weighted by Gasteiger charge is -2.18. The van der Waals surface area contributed by atoms with E-state index in [1.165, 1.54) is 18.5 Å². The van der Waals surface area contributed by atoms with E-state index < -0.39 is 0 Å². The van der Waals surface area contributed by atoms with Crippen molar-refractivity contribution in [2.75, 3.05) is 26.2 Å². The van der Waals surface area contributed by atoms with Gasteiger partial charge in [0.05, 0.1) is 4.34 Å². The van der Waals surface area contributed by atoms with Crippen LogP contribution in [-0.2, 0) is 6.54 Å². The molecule has 78 valence electrons. The Bertz CT molecular complexity index is 279. The van der Waals surface area contributed by atoms with Crippen LogP contribution in [-0.4, -0.2) is 31.1 Å². The van der Waals surface area contributed by atoms with Crippen LogP contribution in [0.15, 0.2) is 11.4 Å². The molecule has 2 nitrogen and oxygen atoms in total. The van der Waals surface area contributed by atoms with Gasteiger partial charge in [-0.15, -0.1) is 11.3 Å². The predicted octanol–water partition coefficient (Wildman–Crippen LogP) is 2.20. The van der Waals surface area contributed by atoms with Gasteiger partial charge in [-0.25, -0.2) is 0 Å². The molecule has 0 saturated carbocycles. The third-order valence-electron chi connectivity index (χ3n) is 2.52. The molecule has 0 spiro atoms. The van der Waals surface area contributed by atoms with Gasteiger partial charge in [0.2, 0.25) is 0 Å². The molecule has 1 aliphatic heterocycles. The van der Waals surface area contributed by atoms with Gasteiger partial charge in [0, 0.05) is 19.6 Å². The summed E-state index contributed by atoms with van der Waals surface area (Å²) >= 11 is 7.70. The molecule has 4 heteroatoms. The maximum atomic E-state index is 6.08. The third kappa shape index (κ3) is 2.70. The fourth-order valence-corrected chi connectivity index (χ4v) is 2.65. The molecule has 0 aromatic carbocycles. The van der Waals surface area contributed by atoms with Crippen LogP contribution in [0.2, 0.25) is 4.34 Å². The Morgan fingerprint density at radius 2 is 2.36 bits per heavy atom. The quantitative estimate of drug-likeness (QED) is 0.838. The normalized spacial score (nSPS) is 19.5. The molecule has 1 aliphatic rings. The molecule has 0 atom stereocenters. The number of nitrogens with zero attached hydrogens (tertiary/aromatic N) is 1. The first-order chi connectivity index (χ1) is 6.86. The average molecular weight is 231 g/mol. The van der Waals surface area contributed by atoms with Gasteiger partial charge in [-0.3, -0.25) is 4.90 Å². The lowest BCUT2D eigenvalue weighted by atomic mass is 10.3. The minimum absolute atomic E-state index is 0.946. The lowest BCUT2D eigenvalue weighted by Crippen LogP contribution is -2.27. The van der Waals surface area contributed by atoms with Gasteiger partial charge in [-0.1, -0.05) is 11.6 Å². The Hall–Kier alpha value is -0.0900. The number of nitrogens with one attached hydrogen (secondary N) is 1. The number of thiophene rings is 1. The topological polar surface area (TPSA) is 15.3 Å². The van der Waals surface area contributed by atoms with E-state index in [9.17, 15) is 0 Å². The summed E-state index contributed by atoms with van der Waals surface area (Å²) < 4.78 is 0.946. The number of hydrogen-bond donors (Lipinski definition) is 1. The van der Waals surface area contributed by atoms with Crippen LogP contribution in [0.1, 0.15) is 12.0 Å². The summed E-state index contributed by atoms with van der Waals surface area (Å²) in [5.74, 6) is 0. The van der Waals surface area contributed by atoms with Crippen molar-refractivity contribution in [3.63, 3.8) is 0 Å². The summed E-state index contributed by atoms with van der Waals surface area (Å²) in [6.45, 7) is 5.56. The Balaban J connectivity index is 1.92. The first kappa shape index (κ1) is 10.4. The van der Waals surface area contributed by atoms with Crippen molar-refractivity contribution in [3.8, 4) is 0 Å². The molecular formula is C10H15ClN2S. The molecule has 1 N–H and O–H groups in total. The standard InChI is InChI=1S/C10H15ClN2S/c11-10-9(2-7-14-10)8-13-5-1-3-12-4-6-13/h2,7,12H,1,3-6,8H2. The minimum Gasteiger partial charge on any atom is -0.315 e. The molecule has 2 heterocycles. The average Bonchev–Trinajstić information content (AvgIpc) is 2.44. The van der Waals surface area contributed by atoms with Crippen molar-refractivity contribution in [2.45, 2.75) is 13.0 Å². The number of hydrogen-bond acceptors (Lipinski definition) is 3. The van der Waals surface area contributed by atoms with Gasteiger partial charge < -0.3 is 5.32 Å². The van der Waals surface area contributed by atoms with Crippen molar-refractivity contribution < 1.29 is 0 Å². The Kier molecular flexibility index (Phi) is 3.81. The molecule has 0 aliphatic carbocycles. The zero-order valence-corrected chi connectivity index (χ0v) is 9.70. The van der Waals surface area contributed by atoms with Crippen molar-refractivity contribution >= 4 is 22.9 Å². The van der Waals surface area contributed by atoms with Crippen molar-refractivity contribution in [1.82, 2.24) is 10.2 Å².